The summed E-state index contributed by atoms with van der Waals surface area (Å²) >= 11 is 0. The van der Waals surface area contributed by atoms with E-state index in [0.717, 1.165) is 0 Å². The van der Waals surface area contributed by atoms with E-state index in [-0.39, 0.29) is 16.9 Å². The lowest BCUT2D eigenvalue weighted by Crippen LogP contribution is -2.21. The van der Waals surface area contributed by atoms with E-state index < -0.39 is 16.2 Å². The van der Waals surface area contributed by atoms with Gasteiger partial charge in [0, 0.05) is 6.07 Å². The van der Waals surface area contributed by atoms with Gasteiger partial charge in [0.15, 0.2) is 0 Å². The van der Waals surface area contributed by atoms with Gasteiger partial charge in [0.1, 0.15) is 0 Å². The largest absolute Gasteiger partial charge is 0.398 e. The van der Waals surface area contributed by atoms with E-state index in [1.165, 1.54) is 12.1 Å². The van der Waals surface area contributed by atoms with Crippen molar-refractivity contribution in [2.45, 2.75) is 26.2 Å². The van der Waals surface area contributed by atoms with Crippen molar-refractivity contribution in [1.82, 2.24) is 0 Å². The molecule has 0 radical (unpaired) electrons. The number of hydrogen-bond acceptors (Lipinski definition) is 4. The number of nitro benzene ring substituents is 1. The number of rotatable bonds is 2. The number of carbonyl (C=O) groups excluding carboxylic acids is 1. The topological polar surface area (TPSA) is 112 Å². The van der Waals surface area contributed by atoms with Crippen LogP contribution in [0.4, 0.5) is 11.4 Å². The van der Waals surface area contributed by atoms with Gasteiger partial charge in [0.25, 0.3) is 11.6 Å². The van der Waals surface area contributed by atoms with Gasteiger partial charge < -0.3 is 11.5 Å². The first kappa shape index (κ1) is 13.0. The number of nitro groups is 1. The Morgan fingerprint density at radius 2 is 1.88 bits per heavy atom. The molecule has 1 aromatic carbocycles. The highest BCUT2D eigenvalue weighted by molar-refractivity contribution is 5.99. The van der Waals surface area contributed by atoms with Crippen molar-refractivity contribution in [3.05, 3.63) is 33.4 Å². The standard InChI is InChI=1S/C11H15N3O3/c1-11(2,3)8-7(14(16)17)5-4-6(9(8)12)10(13)15/h4-5H,12H2,1-3H3,(H2,13,15). The maximum atomic E-state index is 11.2. The Bertz CT molecular complexity index is 489. The molecule has 0 aliphatic heterocycles. The van der Waals surface area contributed by atoms with E-state index in [1.54, 1.807) is 20.8 Å². The number of carbonyl (C=O) groups is 1. The van der Waals surface area contributed by atoms with Gasteiger partial charge in [-0.2, -0.15) is 0 Å². The molecular weight excluding hydrogens is 222 g/mol. The molecule has 0 aromatic heterocycles. The Morgan fingerprint density at radius 3 is 2.24 bits per heavy atom. The second-order valence-corrected chi connectivity index (χ2v) is 4.79. The molecule has 1 aromatic rings. The zero-order valence-corrected chi connectivity index (χ0v) is 9.98. The molecular formula is C11H15N3O3. The molecule has 1 amide bonds. The Labute approximate surface area is 98.8 Å². The number of anilines is 1. The van der Waals surface area contributed by atoms with Crippen LogP contribution in [0.15, 0.2) is 12.1 Å². The van der Waals surface area contributed by atoms with E-state index in [2.05, 4.69) is 0 Å². The monoisotopic (exact) mass is 237 g/mol. The van der Waals surface area contributed by atoms with Crippen LogP contribution in [-0.4, -0.2) is 10.8 Å². The predicted molar refractivity (Wildman–Crippen MR) is 64.7 cm³/mol. The van der Waals surface area contributed by atoms with Crippen molar-refractivity contribution in [2.24, 2.45) is 5.73 Å². The third kappa shape index (κ3) is 2.35. The van der Waals surface area contributed by atoms with Crippen molar-refractivity contribution in [3.63, 3.8) is 0 Å². The quantitative estimate of drug-likeness (QED) is 0.461. The second kappa shape index (κ2) is 4.04. The molecule has 0 heterocycles. The molecule has 17 heavy (non-hydrogen) atoms. The van der Waals surface area contributed by atoms with Gasteiger partial charge >= 0.3 is 0 Å². The number of nitrogens with zero attached hydrogens (tertiary/aromatic N) is 1. The van der Waals surface area contributed by atoms with E-state index in [0.29, 0.717) is 5.56 Å². The van der Waals surface area contributed by atoms with Crippen LogP contribution in [0.25, 0.3) is 0 Å². The van der Waals surface area contributed by atoms with Crippen LogP contribution >= 0.6 is 0 Å². The number of nitrogen functional groups attached to an aromatic ring is 1. The highest BCUT2D eigenvalue weighted by Crippen LogP contribution is 2.37. The molecule has 6 heteroatoms. The molecule has 0 unspecified atom stereocenters. The summed E-state index contributed by atoms with van der Waals surface area (Å²) in [6.07, 6.45) is 0. The van der Waals surface area contributed by atoms with Gasteiger partial charge in [-0.15, -0.1) is 0 Å². The maximum Gasteiger partial charge on any atom is 0.275 e. The fourth-order valence-electron chi connectivity index (χ4n) is 1.76. The number of amides is 1. The fourth-order valence-corrected chi connectivity index (χ4v) is 1.76. The molecule has 0 saturated heterocycles. The molecule has 0 aliphatic carbocycles. The SMILES string of the molecule is CC(C)(C)c1c([N+](=O)[O-])ccc(C(N)=O)c1N. The molecule has 0 atom stereocenters. The Morgan fingerprint density at radius 1 is 1.35 bits per heavy atom. The summed E-state index contributed by atoms with van der Waals surface area (Å²) in [4.78, 5) is 21.6. The van der Waals surface area contributed by atoms with Crippen LogP contribution in [-0.2, 0) is 5.41 Å². The smallest absolute Gasteiger partial charge is 0.275 e. The lowest BCUT2D eigenvalue weighted by Gasteiger charge is -2.22. The highest BCUT2D eigenvalue weighted by atomic mass is 16.6. The zero-order valence-electron chi connectivity index (χ0n) is 9.98. The van der Waals surface area contributed by atoms with Crippen LogP contribution in [0.2, 0.25) is 0 Å². The normalized spacial score (nSPS) is 11.2. The minimum absolute atomic E-state index is 0.0826. The van der Waals surface area contributed by atoms with Gasteiger partial charge in [-0.25, -0.2) is 0 Å². The lowest BCUT2D eigenvalue weighted by atomic mass is 9.83. The molecule has 0 spiro atoms. The van der Waals surface area contributed by atoms with Crippen molar-refractivity contribution in [1.29, 1.82) is 0 Å². The molecule has 4 N–H and O–H groups in total. The minimum Gasteiger partial charge on any atom is -0.398 e. The zero-order chi connectivity index (χ0) is 13.4. The summed E-state index contributed by atoms with van der Waals surface area (Å²) in [7, 11) is 0. The number of primary amides is 1. The first-order valence-electron chi connectivity index (χ1n) is 5.03. The molecule has 6 nitrogen and oxygen atoms in total. The predicted octanol–water partition coefficient (Wildman–Crippen LogP) is 1.57. The van der Waals surface area contributed by atoms with E-state index >= 15 is 0 Å². The minimum atomic E-state index is -0.692. The third-order valence-corrected chi connectivity index (χ3v) is 2.44. The molecule has 0 aliphatic rings. The molecule has 0 bridgehead atoms. The Hall–Kier alpha value is -2.11. The van der Waals surface area contributed by atoms with Gasteiger partial charge in [0.2, 0.25) is 0 Å². The Kier molecular flexibility index (Phi) is 3.08. The van der Waals surface area contributed by atoms with Gasteiger partial charge in [-0.3, -0.25) is 14.9 Å². The second-order valence-electron chi connectivity index (χ2n) is 4.79. The van der Waals surface area contributed by atoms with Crippen molar-refractivity contribution in [2.75, 3.05) is 5.73 Å². The van der Waals surface area contributed by atoms with Crippen LogP contribution in [0.1, 0.15) is 36.7 Å². The number of benzene rings is 1. The lowest BCUT2D eigenvalue weighted by molar-refractivity contribution is -0.385. The average molecular weight is 237 g/mol. The third-order valence-electron chi connectivity index (χ3n) is 2.44. The van der Waals surface area contributed by atoms with Gasteiger partial charge in [-0.1, -0.05) is 20.8 Å². The molecule has 0 fully saturated rings. The number of nitrogens with two attached hydrogens (primary N) is 2. The van der Waals surface area contributed by atoms with E-state index in [1.807, 2.05) is 0 Å². The first-order valence-corrected chi connectivity index (χ1v) is 5.03. The van der Waals surface area contributed by atoms with Gasteiger partial charge in [0.05, 0.1) is 21.7 Å². The highest BCUT2D eigenvalue weighted by Gasteiger charge is 2.29. The summed E-state index contributed by atoms with van der Waals surface area (Å²) in [6.45, 7) is 5.36. The summed E-state index contributed by atoms with van der Waals surface area (Å²) in [5, 5.41) is 10.9. The molecule has 92 valence electrons. The summed E-state index contributed by atoms with van der Waals surface area (Å²) in [5.41, 5.74) is 10.9. The summed E-state index contributed by atoms with van der Waals surface area (Å²) in [5.74, 6) is -0.692. The van der Waals surface area contributed by atoms with Crippen molar-refractivity contribution in [3.8, 4) is 0 Å². The van der Waals surface area contributed by atoms with Crippen molar-refractivity contribution < 1.29 is 9.72 Å². The van der Waals surface area contributed by atoms with Crippen LogP contribution in [0.3, 0.4) is 0 Å². The first-order chi connectivity index (χ1) is 7.66. The fraction of sp³-hybridized carbons (Fsp3) is 0.364. The van der Waals surface area contributed by atoms with Gasteiger partial charge in [-0.05, 0) is 11.5 Å². The van der Waals surface area contributed by atoms with Crippen LogP contribution in [0.5, 0.6) is 0 Å². The number of hydrogen-bond donors (Lipinski definition) is 2. The van der Waals surface area contributed by atoms with Crippen LogP contribution < -0.4 is 11.5 Å². The maximum absolute atomic E-state index is 11.2. The van der Waals surface area contributed by atoms with E-state index in [4.69, 9.17) is 11.5 Å². The Balaban J connectivity index is 3.65. The molecule has 1 rings (SSSR count). The average Bonchev–Trinajstić information content (AvgIpc) is 2.14. The summed E-state index contributed by atoms with van der Waals surface area (Å²) < 4.78 is 0. The summed E-state index contributed by atoms with van der Waals surface area (Å²) in [6, 6.07) is 2.54. The van der Waals surface area contributed by atoms with Crippen LogP contribution in [0, 0.1) is 10.1 Å². The molecule has 0 saturated carbocycles. The van der Waals surface area contributed by atoms with Crippen molar-refractivity contribution >= 4 is 17.3 Å². The van der Waals surface area contributed by atoms with E-state index in [9.17, 15) is 14.9 Å².